The molecule has 0 aromatic heterocycles. The lowest BCUT2D eigenvalue weighted by atomic mass is 9.90. The van der Waals surface area contributed by atoms with Gasteiger partial charge in [-0.3, -0.25) is 19.2 Å². The van der Waals surface area contributed by atoms with Crippen LogP contribution in [0.25, 0.3) is 0 Å². The second-order valence-corrected chi connectivity index (χ2v) is 8.45. The summed E-state index contributed by atoms with van der Waals surface area (Å²) in [4.78, 5) is 47.0. The molecule has 2 rings (SSSR count). The monoisotopic (exact) mass is 508 g/mol. The van der Waals surface area contributed by atoms with Gasteiger partial charge < -0.3 is 34.3 Å². The van der Waals surface area contributed by atoms with Crippen LogP contribution < -0.4 is 10.6 Å². The number of hydrogen-bond acceptors (Lipinski definition) is 10. The Balaban J connectivity index is 2.03. The lowest BCUT2D eigenvalue weighted by Gasteiger charge is -2.45. The molecular formula is C25H36N2O9. The van der Waals surface area contributed by atoms with E-state index in [-0.39, 0.29) is 12.5 Å². The summed E-state index contributed by atoms with van der Waals surface area (Å²) in [5, 5.41) is 6.04. The predicted octanol–water partition coefficient (Wildman–Crippen LogP) is 0.882. The van der Waals surface area contributed by atoms with Gasteiger partial charge >= 0.3 is 17.9 Å². The van der Waals surface area contributed by atoms with Crippen molar-refractivity contribution in [1.29, 1.82) is 0 Å². The molecule has 1 heterocycles. The molecule has 0 bridgehead atoms. The highest BCUT2D eigenvalue weighted by Gasteiger charge is 2.50. The fraction of sp³-hybridized carbons (Fsp3) is 0.600. The number of rotatable bonds is 13. The van der Waals surface area contributed by atoms with Gasteiger partial charge in [0.05, 0.1) is 18.8 Å². The van der Waals surface area contributed by atoms with E-state index in [2.05, 4.69) is 10.6 Å². The Morgan fingerprint density at radius 2 is 1.53 bits per heavy atom. The third-order valence-electron chi connectivity index (χ3n) is 5.36. The minimum atomic E-state index is -1.10. The normalized spacial score (nSPS) is 23.4. The maximum atomic E-state index is 12.0. The number of ether oxygens (including phenoxy) is 5. The fourth-order valence-electron chi connectivity index (χ4n) is 3.95. The van der Waals surface area contributed by atoms with Gasteiger partial charge in [0.15, 0.2) is 12.2 Å². The van der Waals surface area contributed by atoms with Crippen LogP contribution in [0.3, 0.4) is 0 Å². The number of esters is 3. The van der Waals surface area contributed by atoms with E-state index in [1.807, 2.05) is 30.3 Å². The zero-order valence-corrected chi connectivity index (χ0v) is 21.2. The molecule has 1 aromatic carbocycles. The van der Waals surface area contributed by atoms with Crippen LogP contribution in [0.4, 0.5) is 0 Å². The molecule has 1 saturated heterocycles. The third-order valence-corrected chi connectivity index (χ3v) is 5.36. The first-order valence-electron chi connectivity index (χ1n) is 11.9. The van der Waals surface area contributed by atoms with Crippen LogP contribution in [0.1, 0.15) is 39.7 Å². The van der Waals surface area contributed by atoms with Crippen LogP contribution in [-0.4, -0.2) is 80.6 Å². The van der Waals surface area contributed by atoms with Crippen LogP contribution >= 0.6 is 0 Å². The Kier molecular flexibility index (Phi) is 12.3. The lowest BCUT2D eigenvalue weighted by Crippen LogP contribution is -2.66. The number of amides is 1. The largest absolute Gasteiger partial charge is 0.463 e. The molecule has 11 nitrogen and oxygen atoms in total. The minimum Gasteiger partial charge on any atom is -0.463 e. The van der Waals surface area contributed by atoms with Gasteiger partial charge in [0.2, 0.25) is 5.91 Å². The summed E-state index contributed by atoms with van der Waals surface area (Å²) in [6.07, 6.45) is -3.39. The first-order chi connectivity index (χ1) is 17.2. The lowest BCUT2D eigenvalue weighted by molar-refractivity contribution is -0.225. The van der Waals surface area contributed by atoms with E-state index in [0.717, 1.165) is 6.54 Å². The highest BCUT2D eigenvalue weighted by Crippen LogP contribution is 2.28. The maximum Gasteiger partial charge on any atom is 0.303 e. The zero-order valence-electron chi connectivity index (χ0n) is 21.2. The van der Waals surface area contributed by atoms with Gasteiger partial charge in [-0.2, -0.15) is 0 Å². The Morgan fingerprint density at radius 1 is 0.861 bits per heavy atom. The van der Waals surface area contributed by atoms with E-state index < -0.39 is 48.4 Å². The highest BCUT2D eigenvalue weighted by atomic mass is 16.6. The molecule has 0 saturated carbocycles. The van der Waals surface area contributed by atoms with Gasteiger partial charge in [0, 0.05) is 47.4 Å². The van der Waals surface area contributed by atoms with Crippen molar-refractivity contribution in [1.82, 2.24) is 10.6 Å². The molecule has 5 atom stereocenters. The molecule has 1 aliphatic heterocycles. The number of carbonyl (C=O) groups is 4. The van der Waals surface area contributed by atoms with Gasteiger partial charge in [-0.15, -0.1) is 0 Å². The molecule has 0 aliphatic carbocycles. The number of nitrogens with one attached hydrogen (secondary N) is 2. The molecule has 0 unspecified atom stereocenters. The van der Waals surface area contributed by atoms with Gasteiger partial charge in [0.1, 0.15) is 12.7 Å². The molecule has 1 fully saturated rings. The summed E-state index contributed by atoms with van der Waals surface area (Å²) >= 11 is 0. The van der Waals surface area contributed by atoms with Gasteiger partial charge in [-0.05, 0) is 12.0 Å². The van der Waals surface area contributed by atoms with E-state index in [9.17, 15) is 19.2 Å². The standard InChI is InChI=1S/C25H36N2O9/c1-16(28)27-23-21(10-12-32-13-11-26-14-20-8-6-5-7-9-20)36-22(15-33-17(2)29)24(34-18(3)30)25(23)35-19(4)31/h5-9,21-26H,10-15H2,1-4H3,(H,27,28)/t21-,22-,23+,24+,25-/m1/s1. The molecule has 1 aliphatic rings. The van der Waals surface area contributed by atoms with Crippen LogP contribution in [0.15, 0.2) is 30.3 Å². The van der Waals surface area contributed by atoms with Crippen LogP contribution in [0, 0.1) is 0 Å². The minimum absolute atomic E-state index is 0.224. The predicted molar refractivity (Wildman–Crippen MR) is 128 cm³/mol. The van der Waals surface area contributed by atoms with E-state index in [1.54, 1.807) is 0 Å². The van der Waals surface area contributed by atoms with Crippen molar-refractivity contribution in [3.8, 4) is 0 Å². The van der Waals surface area contributed by atoms with E-state index in [4.69, 9.17) is 23.7 Å². The third kappa shape index (κ3) is 10.3. The molecule has 36 heavy (non-hydrogen) atoms. The van der Waals surface area contributed by atoms with Crippen LogP contribution in [0.2, 0.25) is 0 Å². The van der Waals surface area contributed by atoms with Crippen molar-refractivity contribution in [3.05, 3.63) is 35.9 Å². The second-order valence-electron chi connectivity index (χ2n) is 8.45. The first-order valence-corrected chi connectivity index (χ1v) is 11.9. The number of hydrogen-bond donors (Lipinski definition) is 2. The van der Waals surface area contributed by atoms with E-state index >= 15 is 0 Å². The van der Waals surface area contributed by atoms with Crippen molar-refractivity contribution >= 4 is 23.8 Å². The maximum absolute atomic E-state index is 12.0. The SMILES string of the molecule is CC(=O)N[C@@H]1[C@@H](OC(C)=O)[C@@H](OC(C)=O)[C@@H](COC(C)=O)O[C@@H]1CCOCCNCc1ccccc1. The van der Waals surface area contributed by atoms with Gasteiger partial charge in [-0.25, -0.2) is 0 Å². The molecule has 1 amide bonds. The summed E-state index contributed by atoms with van der Waals surface area (Å²) < 4.78 is 27.8. The smallest absolute Gasteiger partial charge is 0.303 e. The molecule has 1 aromatic rings. The molecule has 2 N–H and O–H groups in total. The van der Waals surface area contributed by atoms with Crippen LogP contribution in [0.5, 0.6) is 0 Å². The molecule has 11 heteroatoms. The topological polar surface area (TPSA) is 138 Å². The van der Waals surface area contributed by atoms with E-state index in [0.29, 0.717) is 26.2 Å². The van der Waals surface area contributed by atoms with Crippen molar-refractivity contribution in [3.63, 3.8) is 0 Å². The van der Waals surface area contributed by atoms with Crippen molar-refractivity contribution in [2.24, 2.45) is 0 Å². The fourth-order valence-corrected chi connectivity index (χ4v) is 3.95. The van der Waals surface area contributed by atoms with Crippen molar-refractivity contribution in [2.75, 3.05) is 26.4 Å². The summed E-state index contributed by atoms with van der Waals surface area (Å²) in [6, 6.07) is 9.17. The molecule has 200 valence electrons. The van der Waals surface area contributed by atoms with Gasteiger partial charge in [0.25, 0.3) is 0 Å². The quantitative estimate of drug-likeness (QED) is 0.224. The Morgan fingerprint density at radius 3 is 2.14 bits per heavy atom. The molecule has 0 radical (unpaired) electrons. The zero-order chi connectivity index (χ0) is 26.5. The summed E-state index contributed by atoms with van der Waals surface area (Å²) in [5.41, 5.74) is 1.17. The Hall–Kier alpha value is -3.02. The molecule has 0 spiro atoms. The second kappa shape index (κ2) is 15.2. The van der Waals surface area contributed by atoms with E-state index in [1.165, 1.54) is 33.3 Å². The van der Waals surface area contributed by atoms with Crippen LogP contribution in [-0.2, 0) is 49.4 Å². The number of carbonyl (C=O) groups excluding carboxylic acids is 4. The van der Waals surface area contributed by atoms with Crippen molar-refractivity contribution in [2.45, 2.75) is 71.1 Å². The molecular weight excluding hydrogens is 472 g/mol. The number of benzene rings is 1. The highest BCUT2D eigenvalue weighted by molar-refractivity contribution is 5.73. The van der Waals surface area contributed by atoms with Gasteiger partial charge in [-0.1, -0.05) is 30.3 Å². The Labute approximate surface area is 211 Å². The summed E-state index contributed by atoms with van der Waals surface area (Å²) in [7, 11) is 0. The summed E-state index contributed by atoms with van der Waals surface area (Å²) in [6.45, 7) is 6.85. The van der Waals surface area contributed by atoms with Crippen molar-refractivity contribution < 1.29 is 42.9 Å². The average molecular weight is 509 g/mol. The average Bonchev–Trinajstić information content (AvgIpc) is 2.80. The Bertz CT molecular complexity index is 864. The first kappa shape index (κ1) is 29.2. The summed E-state index contributed by atoms with van der Waals surface area (Å²) in [5.74, 6) is -2.19.